The van der Waals surface area contributed by atoms with Gasteiger partial charge in [-0.25, -0.2) is 0 Å². The van der Waals surface area contributed by atoms with E-state index < -0.39 is 10.8 Å². The summed E-state index contributed by atoms with van der Waals surface area (Å²) in [5.41, 5.74) is 0.844. The lowest BCUT2D eigenvalue weighted by atomic mass is 10.2. The van der Waals surface area contributed by atoms with Gasteiger partial charge >= 0.3 is 0 Å². The largest absolute Gasteiger partial charge is 0.326 e. The SMILES string of the molecule is CC(=O)Nc1ccc(C(=O)Nc2ccccc2[N+](=O)[O-])cc1. The van der Waals surface area contributed by atoms with Crippen LogP contribution in [0.1, 0.15) is 17.3 Å². The summed E-state index contributed by atoms with van der Waals surface area (Å²) >= 11 is 0. The van der Waals surface area contributed by atoms with E-state index in [4.69, 9.17) is 0 Å². The van der Waals surface area contributed by atoms with Crippen molar-refractivity contribution in [1.82, 2.24) is 0 Å². The number of amides is 2. The molecule has 0 aliphatic carbocycles. The Morgan fingerprint density at radius 2 is 1.64 bits per heavy atom. The normalized spacial score (nSPS) is 9.86. The molecule has 2 amide bonds. The topological polar surface area (TPSA) is 101 Å². The molecule has 2 rings (SSSR count). The van der Waals surface area contributed by atoms with E-state index in [-0.39, 0.29) is 17.3 Å². The van der Waals surface area contributed by atoms with E-state index in [1.807, 2.05) is 0 Å². The molecule has 0 saturated carbocycles. The molecule has 112 valence electrons. The van der Waals surface area contributed by atoms with Crippen molar-refractivity contribution in [2.75, 3.05) is 10.6 Å². The predicted molar refractivity (Wildman–Crippen MR) is 81.8 cm³/mol. The lowest BCUT2D eigenvalue weighted by Gasteiger charge is -2.07. The molecule has 0 bridgehead atoms. The van der Waals surface area contributed by atoms with E-state index in [1.165, 1.54) is 37.3 Å². The standard InChI is InChI=1S/C15H13N3O4/c1-10(19)16-12-8-6-11(7-9-12)15(20)17-13-4-2-3-5-14(13)18(21)22/h2-9H,1H3,(H,16,19)(H,17,20). The number of hydrogen-bond acceptors (Lipinski definition) is 4. The Kier molecular flexibility index (Phi) is 4.47. The van der Waals surface area contributed by atoms with Crippen LogP contribution in [0.15, 0.2) is 48.5 Å². The number of anilines is 2. The average molecular weight is 299 g/mol. The Balaban J connectivity index is 2.16. The fourth-order valence-corrected chi connectivity index (χ4v) is 1.84. The van der Waals surface area contributed by atoms with Gasteiger partial charge in [-0.15, -0.1) is 0 Å². The molecule has 2 N–H and O–H groups in total. The zero-order valence-corrected chi connectivity index (χ0v) is 11.7. The van der Waals surface area contributed by atoms with E-state index in [0.29, 0.717) is 11.3 Å². The lowest BCUT2D eigenvalue weighted by Crippen LogP contribution is -2.13. The summed E-state index contributed by atoms with van der Waals surface area (Å²) in [7, 11) is 0. The van der Waals surface area contributed by atoms with E-state index in [2.05, 4.69) is 10.6 Å². The van der Waals surface area contributed by atoms with Crippen LogP contribution in [0.4, 0.5) is 17.1 Å². The number of rotatable bonds is 4. The number of nitro benzene ring substituents is 1. The molecule has 0 saturated heterocycles. The first kappa shape index (κ1) is 15.2. The van der Waals surface area contributed by atoms with Gasteiger partial charge in [-0.3, -0.25) is 19.7 Å². The van der Waals surface area contributed by atoms with Crippen LogP contribution >= 0.6 is 0 Å². The molecule has 0 unspecified atom stereocenters. The number of nitrogens with zero attached hydrogens (tertiary/aromatic N) is 1. The third-order valence-corrected chi connectivity index (χ3v) is 2.82. The summed E-state index contributed by atoms with van der Waals surface area (Å²) in [4.78, 5) is 33.4. The smallest absolute Gasteiger partial charge is 0.292 e. The predicted octanol–water partition coefficient (Wildman–Crippen LogP) is 2.81. The van der Waals surface area contributed by atoms with Crippen LogP contribution in [0.5, 0.6) is 0 Å². The summed E-state index contributed by atoms with van der Waals surface area (Å²) in [6.07, 6.45) is 0. The van der Waals surface area contributed by atoms with Crippen molar-refractivity contribution in [3.05, 3.63) is 64.2 Å². The molecule has 7 heteroatoms. The van der Waals surface area contributed by atoms with Crippen LogP contribution in [0.2, 0.25) is 0 Å². The maximum absolute atomic E-state index is 12.1. The first-order chi connectivity index (χ1) is 10.5. The van der Waals surface area contributed by atoms with Crippen molar-refractivity contribution < 1.29 is 14.5 Å². The van der Waals surface area contributed by atoms with Crippen LogP contribution in [-0.2, 0) is 4.79 Å². The van der Waals surface area contributed by atoms with Gasteiger partial charge in [0.05, 0.1) is 4.92 Å². The van der Waals surface area contributed by atoms with E-state index in [1.54, 1.807) is 18.2 Å². The van der Waals surface area contributed by atoms with Gasteiger partial charge in [0.15, 0.2) is 0 Å². The quantitative estimate of drug-likeness (QED) is 0.669. The van der Waals surface area contributed by atoms with E-state index >= 15 is 0 Å². The molecule has 7 nitrogen and oxygen atoms in total. The second kappa shape index (κ2) is 6.49. The Bertz CT molecular complexity index is 726. The number of nitrogens with one attached hydrogen (secondary N) is 2. The zero-order chi connectivity index (χ0) is 16.1. The fourth-order valence-electron chi connectivity index (χ4n) is 1.84. The third-order valence-electron chi connectivity index (χ3n) is 2.82. The molecule has 0 aliphatic heterocycles. The molecular formula is C15H13N3O4. The van der Waals surface area contributed by atoms with Crippen LogP contribution in [0.3, 0.4) is 0 Å². The third kappa shape index (κ3) is 3.66. The van der Waals surface area contributed by atoms with Gasteiger partial charge < -0.3 is 10.6 Å². The monoisotopic (exact) mass is 299 g/mol. The molecule has 0 heterocycles. The van der Waals surface area contributed by atoms with Crippen molar-refractivity contribution in [2.45, 2.75) is 6.92 Å². The highest BCUT2D eigenvalue weighted by atomic mass is 16.6. The summed E-state index contributed by atoms with van der Waals surface area (Å²) in [5, 5.41) is 16.0. The summed E-state index contributed by atoms with van der Waals surface area (Å²) < 4.78 is 0. The summed E-state index contributed by atoms with van der Waals surface area (Å²) in [6, 6.07) is 12.1. The minimum Gasteiger partial charge on any atom is -0.326 e. The summed E-state index contributed by atoms with van der Waals surface area (Å²) in [6.45, 7) is 1.38. The van der Waals surface area contributed by atoms with Gasteiger partial charge in [0.1, 0.15) is 5.69 Å². The Hall–Kier alpha value is -3.22. The molecule has 22 heavy (non-hydrogen) atoms. The van der Waals surface area contributed by atoms with E-state index in [9.17, 15) is 19.7 Å². The molecule has 0 spiro atoms. The van der Waals surface area contributed by atoms with Gasteiger partial charge in [0.25, 0.3) is 11.6 Å². The summed E-state index contributed by atoms with van der Waals surface area (Å²) in [5.74, 6) is -0.680. The Labute approximate surface area is 126 Å². The molecule has 0 aromatic heterocycles. The van der Waals surface area contributed by atoms with Crippen LogP contribution in [0, 0.1) is 10.1 Å². The molecular weight excluding hydrogens is 286 g/mol. The van der Waals surface area contributed by atoms with Crippen LogP contribution in [-0.4, -0.2) is 16.7 Å². The molecule has 0 aliphatic rings. The number of benzene rings is 2. The van der Waals surface area contributed by atoms with Gasteiger partial charge in [0, 0.05) is 24.2 Å². The second-order valence-electron chi connectivity index (χ2n) is 4.49. The van der Waals surface area contributed by atoms with Gasteiger partial charge in [-0.2, -0.15) is 0 Å². The molecule has 2 aromatic rings. The average Bonchev–Trinajstić information content (AvgIpc) is 2.47. The highest BCUT2D eigenvalue weighted by Gasteiger charge is 2.15. The fraction of sp³-hybridized carbons (Fsp3) is 0.0667. The Morgan fingerprint density at radius 3 is 2.23 bits per heavy atom. The molecule has 0 atom stereocenters. The van der Waals surface area contributed by atoms with Crippen LogP contribution < -0.4 is 10.6 Å². The van der Waals surface area contributed by atoms with Crippen LogP contribution in [0.25, 0.3) is 0 Å². The number of carbonyl (C=O) groups excluding carboxylic acids is 2. The van der Waals surface area contributed by atoms with Crippen molar-refractivity contribution in [3.63, 3.8) is 0 Å². The molecule has 0 fully saturated rings. The lowest BCUT2D eigenvalue weighted by molar-refractivity contribution is -0.383. The maximum Gasteiger partial charge on any atom is 0.292 e. The number of carbonyl (C=O) groups is 2. The minimum atomic E-state index is -0.560. The van der Waals surface area contributed by atoms with E-state index in [0.717, 1.165) is 0 Å². The Morgan fingerprint density at radius 1 is 1.00 bits per heavy atom. The van der Waals surface area contributed by atoms with Crippen molar-refractivity contribution >= 4 is 28.9 Å². The minimum absolute atomic E-state index is 0.128. The molecule has 2 aromatic carbocycles. The van der Waals surface area contributed by atoms with Gasteiger partial charge in [0.2, 0.25) is 5.91 Å². The maximum atomic E-state index is 12.1. The number of nitro groups is 1. The van der Waals surface area contributed by atoms with Crippen molar-refractivity contribution in [3.8, 4) is 0 Å². The molecule has 0 radical (unpaired) electrons. The first-order valence-corrected chi connectivity index (χ1v) is 6.40. The highest BCUT2D eigenvalue weighted by molar-refractivity contribution is 6.05. The van der Waals surface area contributed by atoms with Crippen molar-refractivity contribution in [1.29, 1.82) is 0 Å². The number of para-hydroxylation sites is 2. The zero-order valence-electron chi connectivity index (χ0n) is 11.7. The number of hydrogen-bond donors (Lipinski definition) is 2. The first-order valence-electron chi connectivity index (χ1n) is 6.40. The van der Waals surface area contributed by atoms with Crippen molar-refractivity contribution in [2.24, 2.45) is 0 Å². The van der Waals surface area contributed by atoms with Gasteiger partial charge in [-0.1, -0.05) is 12.1 Å². The second-order valence-corrected chi connectivity index (χ2v) is 4.49. The highest BCUT2D eigenvalue weighted by Crippen LogP contribution is 2.23. The van der Waals surface area contributed by atoms with Gasteiger partial charge in [-0.05, 0) is 30.3 Å².